The largest absolute Gasteiger partial charge is 0.349 e. The summed E-state index contributed by atoms with van der Waals surface area (Å²) >= 11 is 7.25. The molecule has 94 valence electrons. The summed E-state index contributed by atoms with van der Waals surface area (Å²) in [6, 6.07) is 1.95. The molecule has 0 bridgehead atoms. The number of aromatic nitrogens is 2. The van der Waals surface area contributed by atoms with Crippen molar-refractivity contribution in [1.29, 1.82) is 0 Å². The average molecular weight is 285 g/mol. The summed E-state index contributed by atoms with van der Waals surface area (Å²) in [5.74, 6) is 0.214. The van der Waals surface area contributed by atoms with Crippen LogP contribution in [0.25, 0.3) is 0 Å². The molecule has 0 atom stereocenters. The van der Waals surface area contributed by atoms with E-state index in [9.17, 15) is 10.1 Å². The minimum absolute atomic E-state index is 0.00670. The first-order valence-corrected chi connectivity index (χ1v) is 6.29. The number of halogens is 1. The summed E-state index contributed by atoms with van der Waals surface area (Å²) in [6.45, 7) is 0.525. The molecule has 0 aliphatic carbocycles. The number of rotatable bonds is 4. The summed E-state index contributed by atoms with van der Waals surface area (Å²) in [5.41, 5.74) is 0.906. The molecule has 0 aromatic carbocycles. The van der Waals surface area contributed by atoms with E-state index in [1.807, 2.05) is 16.8 Å². The van der Waals surface area contributed by atoms with Gasteiger partial charge >= 0.3 is 5.69 Å². The third-order valence-electron chi connectivity index (χ3n) is 2.28. The van der Waals surface area contributed by atoms with Crippen LogP contribution in [0.5, 0.6) is 0 Å². The fourth-order valence-corrected chi connectivity index (χ4v) is 2.28. The van der Waals surface area contributed by atoms with Crippen LogP contribution in [0.15, 0.2) is 23.0 Å². The molecule has 0 N–H and O–H groups in total. The highest BCUT2D eigenvalue weighted by atomic mass is 35.5. The van der Waals surface area contributed by atoms with Gasteiger partial charge in [-0.05, 0) is 34.0 Å². The van der Waals surface area contributed by atoms with E-state index in [1.54, 1.807) is 23.3 Å². The van der Waals surface area contributed by atoms with Gasteiger partial charge in [0, 0.05) is 13.6 Å². The van der Waals surface area contributed by atoms with Gasteiger partial charge in [0.05, 0.1) is 4.92 Å². The van der Waals surface area contributed by atoms with Crippen LogP contribution >= 0.6 is 22.9 Å². The minimum Gasteiger partial charge on any atom is -0.349 e. The normalized spacial score (nSPS) is 10.3. The maximum Gasteiger partial charge on any atom is 0.329 e. The second-order valence-corrected chi connectivity index (χ2v) is 4.71. The van der Waals surface area contributed by atoms with E-state index < -0.39 is 4.92 Å². The molecule has 0 aliphatic rings. The van der Waals surface area contributed by atoms with Gasteiger partial charge in [0.1, 0.15) is 6.20 Å². The Kier molecular flexibility index (Phi) is 3.73. The summed E-state index contributed by atoms with van der Waals surface area (Å²) in [7, 11) is 1.73. The molecule has 0 spiro atoms. The number of nitrogens with zero attached hydrogens (tertiary/aromatic N) is 4. The Morgan fingerprint density at radius 3 is 3.00 bits per heavy atom. The molecule has 2 heterocycles. The Bertz CT molecular complexity index is 561. The lowest BCUT2D eigenvalue weighted by Gasteiger charge is -2.16. The molecule has 0 saturated carbocycles. The molecule has 0 aliphatic heterocycles. The van der Waals surface area contributed by atoms with Crippen molar-refractivity contribution < 1.29 is 4.92 Å². The first-order chi connectivity index (χ1) is 8.58. The smallest absolute Gasteiger partial charge is 0.329 e. The number of hydrogen-bond acceptors (Lipinski definition) is 6. The molecule has 0 amide bonds. The quantitative estimate of drug-likeness (QED) is 0.490. The SMILES string of the molecule is CN(Cc1ccsc1)c1nc(Cl)ncc1[N+](=O)[O-]. The third kappa shape index (κ3) is 2.74. The zero-order chi connectivity index (χ0) is 13.1. The first-order valence-electron chi connectivity index (χ1n) is 4.97. The standard InChI is InChI=1S/C10H9ClN4O2S/c1-14(5-7-2-3-18-6-7)9-8(15(16)17)4-12-10(11)13-9/h2-4,6H,5H2,1H3. The van der Waals surface area contributed by atoms with Gasteiger partial charge in [-0.2, -0.15) is 16.3 Å². The Morgan fingerprint density at radius 2 is 2.39 bits per heavy atom. The Balaban J connectivity index is 2.31. The van der Waals surface area contributed by atoms with Crippen LogP contribution in [-0.2, 0) is 6.54 Å². The lowest BCUT2D eigenvalue weighted by Crippen LogP contribution is -2.19. The molecule has 0 fully saturated rings. The highest BCUT2D eigenvalue weighted by Gasteiger charge is 2.20. The van der Waals surface area contributed by atoms with Gasteiger partial charge in [-0.15, -0.1) is 0 Å². The molecule has 0 saturated heterocycles. The van der Waals surface area contributed by atoms with Crippen molar-refractivity contribution in [3.8, 4) is 0 Å². The number of hydrogen-bond donors (Lipinski definition) is 0. The number of thiophene rings is 1. The van der Waals surface area contributed by atoms with E-state index >= 15 is 0 Å². The van der Waals surface area contributed by atoms with E-state index in [0.29, 0.717) is 6.54 Å². The summed E-state index contributed by atoms with van der Waals surface area (Å²) in [5, 5.41) is 14.8. The van der Waals surface area contributed by atoms with Crippen LogP contribution in [0.3, 0.4) is 0 Å². The van der Waals surface area contributed by atoms with E-state index in [1.165, 1.54) is 0 Å². The summed E-state index contributed by atoms with van der Waals surface area (Å²) in [4.78, 5) is 19.6. The maximum atomic E-state index is 10.9. The second kappa shape index (κ2) is 5.28. The molecular weight excluding hydrogens is 276 g/mol. The van der Waals surface area contributed by atoms with Crippen LogP contribution < -0.4 is 4.90 Å². The van der Waals surface area contributed by atoms with Gasteiger partial charge in [-0.25, -0.2) is 4.98 Å². The van der Waals surface area contributed by atoms with Crippen LogP contribution in [0.1, 0.15) is 5.56 Å². The lowest BCUT2D eigenvalue weighted by molar-refractivity contribution is -0.384. The monoisotopic (exact) mass is 284 g/mol. The summed E-state index contributed by atoms with van der Waals surface area (Å²) < 4.78 is 0. The van der Waals surface area contributed by atoms with Gasteiger partial charge in [0.2, 0.25) is 11.1 Å². The molecule has 18 heavy (non-hydrogen) atoms. The average Bonchev–Trinajstić information content (AvgIpc) is 2.81. The van der Waals surface area contributed by atoms with E-state index in [-0.39, 0.29) is 16.8 Å². The molecule has 0 radical (unpaired) electrons. The topological polar surface area (TPSA) is 72.2 Å². The van der Waals surface area contributed by atoms with Crippen LogP contribution in [0.2, 0.25) is 5.28 Å². The fraction of sp³-hybridized carbons (Fsp3) is 0.200. The Morgan fingerprint density at radius 1 is 1.61 bits per heavy atom. The second-order valence-electron chi connectivity index (χ2n) is 3.59. The van der Waals surface area contributed by atoms with E-state index in [4.69, 9.17) is 11.6 Å². The van der Waals surface area contributed by atoms with Crippen molar-refractivity contribution in [2.24, 2.45) is 0 Å². The molecule has 2 aromatic rings. The van der Waals surface area contributed by atoms with Crippen LogP contribution in [0, 0.1) is 10.1 Å². The fourth-order valence-electron chi connectivity index (χ4n) is 1.49. The van der Waals surface area contributed by atoms with Crippen molar-refractivity contribution in [1.82, 2.24) is 9.97 Å². The van der Waals surface area contributed by atoms with Crippen molar-refractivity contribution in [2.75, 3.05) is 11.9 Å². The lowest BCUT2D eigenvalue weighted by atomic mass is 10.3. The highest BCUT2D eigenvalue weighted by Crippen LogP contribution is 2.26. The third-order valence-corrected chi connectivity index (χ3v) is 3.19. The molecule has 8 heteroatoms. The Labute approximate surface area is 112 Å². The van der Waals surface area contributed by atoms with Crippen LogP contribution in [0.4, 0.5) is 11.5 Å². The van der Waals surface area contributed by atoms with Gasteiger partial charge in [-0.3, -0.25) is 10.1 Å². The molecular formula is C10H9ClN4O2S. The number of nitro groups is 1. The van der Waals surface area contributed by atoms with Gasteiger partial charge < -0.3 is 4.90 Å². The molecule has 0 unspecified atom stereocenters. The zero-order valence-corrected chi connectivity index (χ0v) is 11.0. The minimum atomic E-state index is -0.518. The van der Waals surface area contributed by atoms with Crippen LogP contribution in [-0.4, -0.2) is 21.9 Å². The maximum absolute atomic E-state index is 10.9. The first kappa shape index (κ1) is 12.7. The van der Waals surface area contributed by atoms with Gasteiger partial charge in [0.25, 0.3) is 0 Å². The molecule has 6 nitrogen and oxygen atoms in total. The van der Waals surface area contributed by atoms with Crippen molar-refractivity contribution in [2.45, 2.75) is 6.54 Å². The van der Waals surface area contributed by atoms with E-state index in [0.717, 1.165) is 11.8 Å². The molecule has 2 aromatic heterocycles. The number of anilines is 1. The van der Waals surface area contributed by atoms with Gasteiger partial charge in [0.15, 0.2) is 0 Å². The Hall–Kier alpha value is -1.73. The highest BCUT2D eigenvalue weighted by molar-refractivity contribution is 7.07. The van der Waals surface area contributed by atoms with Crippen molar-refractivity contribution in [3.63, 3.8) is 0 Å². The predicted octanol–water partition coefficient (Wildman–Crippen LogP) is 2.74. The summed E-state index contributed by atoms with van der Waals surface area (Å²) in [6.07, 6.45) is 1.12. The predicted molar refractivity (Wildman–Crippen MR) is 70.1 cm³/mol. The van der Waals surface area contributed by atoms with Crippen molar-refractivity contribution in [3.05, 3.63) is 44.0 Å². The van der Waals surface area contributed by atoms with E-state index in [2.05, 4.69) is 9.97 Å². The molecule has 2 rings (SSSR count). The zero-order valence-electron chi connectivity index (χ0n) is 9.41. The van der Waals surface area contributed by atoms with Crippen molar-refractivity contribution >= 4 is 34.4 Å². The van der Waals surface area contributed by atoms with Gasteiger partial charge in [-0.1, -0.05) is 0 Å².